The third-order valence-corrected chi connectivity index (χ3v) is 14.2. The van der Waals surface area contributed by atoms with Crippen molar-refractivity contribution >= 4 is 45.8 Å². The van der Waals surface area contributed by atoms with E-state index in [9.17, 15) is 19.2 Å². The van der Waals surface area contributed by atoms with Gasteiger partial charge in [0.25, 0.3) is 0 Å². The minimum absolute atomic E-state index is 0.0524. The number of hydrogen-bond acceptors (Lipinski definition) is 11. The Morgan fingerprint density at radius 1 is 0.941 bits per heavy atom. The summed E-state index contributed by atoms with van der Waals surface area (Å²) in [6, 6.07) is 12.8. The fraction of sp³-hybridized carbons (Fsp3) is 0.529. The fourth-order valence-electron chi connectivity index (χ4n) is 10.3. The molecule has 2 aromatic heterocycles. The predicted molar refractivity (Wildman–Crippen MR) is 257 cm³/mol. The standard InChI is InChI=1S/C51H66N8O9/c1-8-11-35(10-3)58(49(61)45(57-51(63)66-7)31-16-18-67-19-17-31)26-43-53-39-15-13-32-22-38-36-14-12-33(21-34(36)28-68-42(38)23-37(32)46(39)55-43)40-24-52-47(54-40)41-20-30(27-64-5)25-59(41)48(60)44(29(4)9-2)56-50(62)65-6/h12-15,21-24,29-31,35,41,44-45H,8-11,16-20,25-28H2,1-7H3,(H,52,54)(H,53,55)(H,56,62)(H,57,63)/t29-,30-,35-,41-,44-,45-/m0/s1. The molecule has 4 N–H and O–H groups in total. The lowest BCUT2D eigenvalue weighted by atomic mass is 9.90. The van der Waals surface area contributed by atoms with Crippen LogP contribution in [0.3, 0.4) is 0 Å². The van der Waals surface area contributed by atoms with E-state index >= 15 is 0 Å². The summed E-state index contributed by atoms with van der Waals surface area (Å²) >= 11 is 0. The van der Waals surface area contributed by atoms with Gasteiger partial charge in [0.1, 0.15) is 36.1 Å². The summed E-state index contributed by atoms with van der Waals surface area (Å²) in [6.07, 6.45) is 5.70. The summed E-state index contributed by atoms with van der Waals surface area (Å²) in [5.41, 5.74) is 6.47. The van der Waals surface area contributed by atoms with Crippen LogP contribution in [0.25, 0.3) is 44.2 Å². The Labute approximate surface area is 397 Å². The summed E-state index contributed by atoms with van der Waals surface area (Å²) < 4.78 is 27.4. The van der Waals surface area contributed by atoms with E-state index in [1.165, 1.54) is 14.2 Å². The van der Waals surface area contributed by atoms with Crippen LogP contribution in [-0.4, -0.2) is 120 Å². The molecule has 0 aliphatic carbocycles. The van der Waals surface area contributed by atoms with Gasteiger partial charge in [-0.2, -0.15) is 0 Å². The largest absolute Gasteiger partial charge is 0.488 e. The highest BCUT2D eigenvalue weighted by atomic mass is 16.5. The molecule has 3 aromatic carbocycles. The molecule has 0 bridgehead atoms. The number of hydrogen-bond donors (Lipinski definition) is 4. The number of likely N-dealkylation sites (tertiary alicyclic amines) is 1. The highest BCUT2D eigenvalue weighted by molar-refractivity contribution is 6.07. The van der Waals surface area contributed by atoms with Crippen LogP contribution < -0.4 is 15.4 Å². The Kier molecular flexibility index (Phi) is 15.2. The molecule has 364 valence electrons. The van der Waals surface area contributed by atoms with Gasteiger partial charge in [-0.1, -0.05) is 58.7 Å². The Balaban J connectivity index is 1.05. The van der Waals surface area contributed by atoms with Crippen LogP contribution in [0, 0.1) is 17.8 Å². The lowest BCUT2D eigenvalue weighted by Gasteiger charge is -2.37. The molecule has 3 aliphatic rings. The van der Waals surface area contributed by atoms with Crippen LogP contribution in [0.15, 0.2) is 48.7 Å². The summed E-state index contributed by atoms with van der Waals surface area (Å²) in [6.45, 7) is 10.8. The molecule has 0 spiro atoms. The number of aromatic nitrogens is 4. The number of carbonyl (C=O) groups is 4. The van der Waals surface area contributed by atoms with Crippen molar-refractivity contribution in [3.63, 3.8) is 0 Å². The molecule has 2 saturated heterocycles. The van der Waals surface area contributed by atoms with E-state index in [2.05, 4.69) is 70.8 Å². The van der Waals surface area contributed by atoms with Crippen LogP contribution in [-0.2, 0) is 41.7 Å². The number of benzene rings is 3. The van der Waals surface area contributed by atoms with E-state index in [4.69, 9.17) is 33.7 Å². The van der Waals surface area contributed by atoms with Crippen molar-refractivity contribution in [2.24, 2.45) is 17.8 Å². The van der Waals surface area contributed by atoms with E-state index in [1.807, 2.05) is 35.9 Å². The Morgan fingerprint density at radius 2 is 1.72 bits per heavy atom. The number of ether oxygens (including phenoxy) is 5. The zero-order valence-electron chi connectivity index (χ0n) is 40.3. The number of rotatable bonds is 17. The molecule has 17 heteroatoms. The minimum Gasteiger partial charge on any atom is -0.488 e. The number of nitrogens with one attached hydrogen (secondary N) is 4. The molecule has 6 atom stereocenters. The molecule has 68 heavy (non-hydrogen) atoms. The lowest BCUT2D eigenvalue weighted by Crippen LogP contribution is -2.55. The molecule has 17 nitrogen and oxygen atoms in total. The first-order valence-electron chi connectivity index (χ1n) is 24.1. The van der Waals surface area contributed by atoms with Gasteiger partial charge >= 0.3 is 12.2 Å². The normalized spacial score (nSPS) is 18.8. The maximum Gasteiger partial charge on any atom is 0.407 e. The molecule has 5 heterocycles. The van der Waals surface area contributed by atoms with Gasteiger partial charge in [0.2, 0.25) is 11.8 Å². The van der Waals surface area contributed by atoms with Gasteiger partial charge in [0, 0.05) is 49.8 Å². The smallest absolute Gasteiger partial charge is 0.407 e. The summed E-state index contributed by atoms with van der Waals surface area (Å²) in [7, 11) is 4.27. The maximum absolute atomic E-state index is 14.6. The number of imidazole rings is 2. The maximum atomic E-state index is 14.6. The molecular formula is C51H66N8O9. The van der Waals surface area contributed by atoms with Crippen molar-refractivity contribution < 1.29 is 42.9 Å². The van der Waals surface area contributed by atoms with Gasteiger partial charge in [-0.3, -0.25) is 9.59 Å². The summed E-state index contributed by atoms with van der Waals surface area (Å²) in [5.74, 6) is 1.69. The number of nitrogens with zero attached hydrogens (tertiary/aromatic N) is 4. The minimum atomic E-state index is -0.747. The van der Waals surface area contributed by atoms with Crippen LogP contribution in [0.2, 0.25) is 0 Å². The number of amides is 4. The number of carbonyl (C=O) groups excluding carboxylic acids is 4. The van der Waals surface area contributed by atoms with E-state index in [1.54, 1.807) is 7.11 Å². The zero-order valence-corrected chi connectivity index (χ0v) is 40.3. The topological polar surface area (TPSA) is 202 Å². The number of aromatic amines is 2. The van der Waals surface area contributed by atoms with Crippen molar-refractivity contribution in [1.82, 2.24) is 40.4 Å². The second kappa shape index (κ2) is 21.4. The number of alkyl carbamates (subject to hydrolysis) is 2. The quantitative estimate of drug-likeness (QED) is 0.0703. The molecule has 0 saturated carbocycles. The fourth-order valence-corrected chi connectivity index (χ4v) is 10.3. The van der Waals surface area contributed by atoms with Crippen LogP contribution in [0.1, 0.15) is 95.9 Å². The first kappa shape index (κ1) is 48.3. The number of H-pyrrole nitrogens is 2. The Hall–Kier alpha value is -6.20. The van der Waals surface area contributed by atoms with Crippen LogP contribution in [0.4, 0.5) is 9.59 Å². The summed E-state index contributed by atoms with van der Waals surface area (Å²) in [5, 5.41) is 7.58. The van der Waals surface area contributed by atoms with E-state index in [0.29, 0.717) is 70.3 Å². The zero-order chi connectivity index (χ0) is 48.1. The van der Waals surface area contributed by atoms with Crippen molar-refractivity contribution in [2.75, 3.05) is 47.7 Å². The average molecular weight is 935 g/mol. The first-order valence-corrected chi connectivity index (χ1v) is 24.1. The lowest BCUT2D eigenvalue weighted by molar-refractivity contribution is -0.139. The predicted octanol–water partition coefficient (Wildman–Crippen LogP) is 8.03. The second-order valence-corrected chi connectivity index (χ2v) is 18.5. The van der Waals surface area contributed by atoms with E-state index in [-0.39, 0.29) is 48.2 Å². The Morgan fingerprint density at radius 3 is 2.44 bits per heavy atom. The molecule has 0 radical (unpaired) electrons. The monoisotopic (exact) mass is 934 g/mol. The molecular weight excluding hydrogens is 869 g/mol. The molecule has 3 aliphatic heterocycles. The SMILES string of the molecule is CCC[C@H](CC)N(Cc1nc2c(ccc3cc4c(cc32)OCc2cc(-c3cnc([C@@H]5C[C@H](COC)CN5C(=O)[C@@H](NC(=O)OC)[C@@H](C)CC)[nH]3)ccc2-4)[nH]1)C(=O)[C@@H](NC(=O)OC)C1CCOCC1. The third-order valence-electron chi connectivity index (χ3n) is 14.2. The highest BCUT2D eigenvalue weighted by Gasteiger charge is 2.42. The van der Waals surface area contributed by atoms with Gasteiger partial charge in [0.15, 0.2) is 0 Å². The second-order valence-electron chi connectivity index (χ2n) is 18.5. The Bertz CT molecular complexity index is 2600. The molecule has 2 fully saturated rings. The van der Waals surface area contributed by atoms with Crippen LogP contribution >= 0.6 is 0 Å². The van der Waals surface area contributed by atoms with Gasteiger partial charge < -0.3 is 54.1 Å². The van der Waals surface area contributed by atoms with Crippen molar-refractivity contribution in [3.8, 4) is 28.1 Å². The number of fused-ring (bicyclic) bond motifs is 6. The molecule has 0 unspecified atom stereocenters. The molecule has 8 rings (SSSR count). The van der Waals surface area contributed by atoms with Gasteiger partial charge in [-0.05, 0) is 90.3 Å². The van der Waals surface area contributed by atoms with Gasteiger partial charge in [-0.25, -0.2) is 19.6 Å². The van der Waals surface area contributed by atoms with Crippen molar-refractivity contribution in [1.29, 1.82) is 0 Å². The van der Waals surface area contributed by atoms with Gasteiger partial charge in [-0.15, -0.1) is 0 Å². The number of methoxy groups -OCH3 is 3. The third kappa shape index (κ3) is 10.00. The average Bonchev–Trinajstić information content (AvgIpc) is 4.14. The van der Waals surface area contributed by atoms with Crippen molar-refractivity contribution in [2.45, 2.75) is 110 Å². The van der Waals surface area contributed by atoms with E-state index in [0.717, 1.165) is 74.8 Å². The van der Waals surface area contributed by atoms with Crippen molar-refractivity contribution in [3.05, 3.63) is 65.9 Å². The highest BCUT2D eigenvalue weighted by Crippen LogP contribution is 2.43. The van der Waals surface area contributed by atoms with E-state index < -0.39 is 24.3 Å². The first-order chi connectivity index (χ1) is 33.0. The molecule has 5 aromatic rings. The molecule has 4 amide bonds. The van der Waals surface area contributed by atoms with Gasteiger partial charge in [0.05, 0.1) is 56.3 Å². The van der Waals surface area contributed by atoms with Crippen LogP contribution in [0.5, 0.6) is 5.75 Å². The summed E-state index contributed by atoms with van der Waals surface area (Å²) in [4.78, 5) is 74.3.